The van der Waals surface area contributed by atoms with Crippen molar-refractivity contribution < 1.29 is 4.79 Å². The summed E-state index contributed by atoms with van der Waals surface area (Å²) in [5.74, 6) is -0.274. The van der Waals surface area contributed by atoms with Crippen LogP contribution >= 0.6 is 34.3 Å². The van der Waals surface area contributed by atoms with Crippen molar-refractivity contribution in [3.05, 3.63) is 86.1 Å². The Labute approximate surface area is 187 Å². The van der Waals surface area contributed by atoms with Crippen LogP contribution in [0.25, 0.3) is 22.4 Å². The topological polar surface area (TPSA) is 67.8 Å². The Morgan fingerprint density at radius 1 is 1.07 bits per heavy atom. The van der Waals surface area contributed by atoms with E-state index in [2.05, 4.69) is 20.5 Å². The van der Waals surface area contributed by atoms with Crippen LogP contribution in [0.5, 0.6) is 0 Å². The van der Waals surface area contributed by atoms with Crippen LogP contribution < -0.4 is 5.32 Å². The van der Waals surface area contributed by atoms with Gasteiger partial charge in [0.05, 0.1) is 10.7 Å². The number of aryl methyl sites for hydroxylation is 1. The van der Waals surface area contributed by atoms with Crippen LogP contribution in [0.2, 0.25) is 0 Å². The van der Waals surface area contributed by atoms with E-state index in [9.17, 15) is 4.79 Å². The molecule has 0 unspecified atom stereocenters. The van der Waals surface area contributed by atoms with Crippen LogP contribution in [-0.2, 0) is 6.54 Å². The van der Waals surface area contributed by atoms with Crippen molar-refractivity contribution >= 4 is 51.3 Å². The van der Waals surface area contributed by atoms with Crippen molar-refractivity contribution in [2.24, 2.45) is 0 Å². The number of hydrogen-bond donors (Lipinski definition) is 1. The fraction of sp³-hybridized carbons (Fsp3) is 0.0909. The van der Waals surface area contributed by atoms with Gasteiger partial charge in [0.1, 0.15) is 5.01 Å². The van der Waals surface area contributed by atoms with Gasteiger partial charge in [-0.05, 0) is 18.6 Å². The number of carbonyl (C=O) groups excluding carboxylic acids is 1. The molecule has 1 amide bonds. The number of rotatable bonds is 6. The number of benzene rings is 2. The molecule has 0 fully saturated rings. The fourth-order valence-corrected chi connectivity index (χ4v) is 4.39. The van der Waals surface area contributed by atoms with E-state index >= 15 is 0 Å². The normalized spacial score (nSPS) is 11.5. The Kier molecular flexibility index (Phi) is 6.32. The Balaban J connectivity index is 1.42. The van der Waals surface area contributed by atoms with Crippen molar-refractivity contribution in [1.82, 2.24) is 20.5 Å². The van der Waals surface area contributed by atoms with Crippen LogP contribution in [-0.4, -0.2) is 21.1 Å². The molecule has 150 valence electrons. The number of carbonyl (C=O) groups is 1. The summed E-state index contributed by atoms with van der Waals surface area (Å²) in [6.45, 7) is 2.45. The molecule has 0 spiro atoms. The average Bonchev–Trinajstić information content (AvgIpc) is 3.44. The largest absolute Gasteiger partial charge is 0.346 e. The maximum absolute atomic E-state index is 12.4. The molecule has 0 radical (unpaired) electrons. The summed E-state index contributed by atoms with van der Waals surface area (Å²) in [5, 5.41) is 14.8. The smallest absolute Gasteiger partial charge is 0.282 e. The first kappa shape index (κ1) is 20.4. The number of aromatic nitrogens is 3. The van der Waals surface area contributed by atoms with Crippen molar-refractivity contribution in [3.63, 3.8) is 0 Å². The molecule has 8 heteroatoms. The molecule has 0 aliphatic heterocycles. The first-order valence-corrected chi connectivity index (χ1v) is 11.2. The van der Waals surface area contributed by atoms with Gasteiger partial charge in [0.25, 0.3) is 5.91 Å². The molecule has 2 aromatic carbocycles. The lowest BCUT2D eigenvalue weighted by Gasteiger charge is -2.03. The summed E-state index contributed by atoms with van der Waals surface area (Å²) < 4.78 is 0. The van der Waals surface area contributed by atoms with E-state index in [0.717, 1.165) is 33.2 Å². The number of hydrogen-bond acceptors (Lipinski definition) is 6. The second kappa shape index (κ2) is 9.30. The second-order valence-electron chi connectivity index (χ2n) is 6.51. The number of nitrogens with one attached hydrogen (secondary N) is 1. The third kappa shape index (κ3) is 4.99. The van der Waals surface area contributed by atoms with Crippen molar-refractivity contribution in [1.29, 1.82) is 0 Å². The van der Waals surface area contributed by atoms with E-state index < -0.39 is 0 Å². The molecule has 4 rings (SSSR count). The highest BCUT2D eigenvalue weighted by Gasteiger charge is 2.15. The number of thiazole rings is 1. The maximum atomic E-state index is 12.4. The molecule has 0 bridgehead atoms. The first-order valence-electron chi connectivity index (χ1n) is 9.14. The number of halogens is 1. The van der Waals surface area contributed by atoms with E-state index in [1.807, 2.05) is 66.9 Å². The zero-order chi connectivity index (χ0) is 20.9. The quantitative estimate of drug-likeness (QED) is 0.411. The highest BCUT2D eigenvalue weighted by atomic mass is 35.5. The molecule has 0 aliphatic carbocycles. The molecule has 2 aromatic heterocycles. The Hall–Kier alpha value is -2.87. The van der Waals surface area contributed by atoms with Crippen molar-refractivity contribution in [2.45, 2.75) is 13.5 Å². The van der Waals surface area contributed by atoms with E-state index in [-0.39, 0.29) is 10.9 Å². The summed E-state index contributed by atoms with van der Waals surface area (Å²) in [5.41, 5.74) is 4.14. The van der Waals surface area contributed by atoms with E-state index in [1.54, 1.807) is 6.08 Å². The molecule has 2 heterocycles. The van der Waals surface area contributed by atoms with E-state index in [4.69, 9.17) is 11.6 Å². The molecule has 0 saturated carbocycles. The minimum absolute atomic E-state index is 0.271. The lowest BCUT2D eigenvalue weighted by atomic mass is 10.1. The zero-order valence-electron chi connectivity index (χ0n) is 16.0. The lowest BCUT2D eigenvalue weighted by Crippen LogP contribution is -2.22. The number of nitrogens with zero attached hydrogens (tertiary/aromatic N) is 3. The van der Waals surface area contributed by atoms with Gasteiger partial charge in [0, 0.05) is 17.5 Å². The lowest BCUT2D eigenvalue weighted by molar-refractivity contribution is 0.0950. The highest BCUT2D eigenvalue weighted by Crippen LogP contribution is 2.28. The molecule has 1 N–H and O–H groups in total. The van der Waals surface area contributed by atoms with Crippen LogP contribution in [0.4, 0.5) is 0 Å². The first-order chi connectivity index (χ1) is 14.6. The Morgan fingerprint density at radius 3 is 2.57 bits per heavy atom. The molecule has 0 aliphatic rings. The van der Waals surface area contributed by atoms with E-state index in [1.165, 1.54) is 16.9 Å². The fourth-order valence-electron chi connectivity index (χ4n) is 2.64. The second-order valence-corrected chi connectivity index (χ2v) is 8.78. The van der Waals surface area contributed by atoms with Gasteiger partial charge in [-0.1, -0.05) is 83.1 Å². The summed E-state index contributed by atoms with van der Waals surface area (Å²) in [7, 11) is 0. The van der Waals surface area contributed by atoms with Gasteiger partial charge in [0.2, 0.25) is 5.01 Å². The van der Waals surface area contributed by atoms with Crippen LogP contribution in [0.3, 0.4) is 0 Å². The molecule has 5 nitrogen and oxygen atoms in total. The predicted octanol–water partition coefficient (Wildman–Crippen LogP) is 5.64. The zero-order valence-corrected chi connectivity index (χ0v) is 18.4. The van der Waals surface area contributed by atoms with Crippen molar-refractivity contribution in [3.8, 4) is 11.3 Å². The summed E-state index contributed by atoms with van der Waals surface area (Å²) >= 11 is 9.05. The van der Waals surface area contributed by atoms with Gasteiger partial charge in [-0.15, -0.1) is 21.5 Å². The Bertz CT molecular complexity index is 1180. The van der Waals surface area contributed by atoms with Gasteiger partial charge in [-0.2, -0.15) is 0 Å². The average molecular weight is 453 g/mol. The van der Waals surface area contributed by atoms with Crippen LogP contribution in [0.1, 0.15) is 30.9 Å². The highest BCUT2D eigenvalue weighted by molar-refractivity contribution is 7.15. The summed E-state index contributed by atoms with van der Waals surface area (Å²) in [6, 6.07) is 17.9. The van der Waals surface area contributed by atoms with Gasteiger partial charge in [-0.25, -0.2) is 4.98 Å². The minimum Gasteiger partial charge on any atom is -0.346 e. The molecule has 0 atom stereocenters. The van der Waals surface area contributed by atoms with Crippen molar-refractivity contribution in [2.75, 3.05) is 0 Å². The molecule has 30 heavy (non-hydrogen) atoms. The number of amides is 1. The molecular weight excluding hydrogens is 436 g/mol. The third-order valence-corrected chi connectivity index (χ3v) is 6.39. The SMILES string of the molecule is Cc1ccc(CNC(=O)c2nnc(/C(Cl)=C/c3nc(-c4ccccc4)cs3)s2)cc1. The third-order valence-electron chi connectivity index (χ3n) is 4.24. The molecule has 0 saturated heterocycles. The summed E-state index contributed by atoms with van der Waals surface area (Å²) in [6.07, 6.45) is 1.74. The van der Waals surface area contributed by atoms with Gasteiger partial charge < -0.3 is 5.32 Å². The minimum atomic E-state index is -0.274. The van der Waals surface area contributed by atoms with Gasteiger partial charge >= 0.3 is 0 Å². The summed E-state index contributed by atoms with van der Waals surface area (Å²) in [4.78, 5) is 17.0. The molecule has 4 aromatic rings. The van der Waals surface area contributed by atoms with Gasteiger partial charge in [-0.3, -0.25) is 4.79 Å². The molecular formula is C22H17ClN4OS2. The maximum Gasteiger partial charge on any atom is 0.282 e. The monoisotopic (exact) mass is 452 g/mol. The van der Waals surface area contributed by atoms with Crippen LogP contribution in [0, 0.1) is 6.92 Å². The standard InChI is InChI=1S/C22H17ClN4OS2/c1-14-7-9-15(10-8-14)12-24-20(28)22-27-26-21(30-22)17(23)11-19-25-18(13-29-19)16-5-3-2-4-6-16/h2-11,13H,12H2,1H3,(H,24,28)/b17-11-. The Morgan fingerprint density at radius 2 is 1.80 bits per heavy atom. The van der Waals surface area contributed by atoms with Gasteiger partial charge in [0.15, 0.2) is 5.01 Å². The van der Waals surface area contributed by atoms with Crippen LogP contribution in [0.15, 0.2) is 60.0 Å². The predicted molar refractivity (Wildman–Crippen MR) is 124 cm³/mol. The van der Waals surface area contributed by atoms with E-state index in [0.29, 0.717) is 16.6 Å².